The van der Waals surface area contributed by atoms with Crippen molar-refractivity contribution in [3.63, 3.8) is 0 Å². The molecule has 0 atom stereocenters. The highest BCUT2D eigenvalue weighted by atomic mass is 15.0. The summed E-state index contributed by atoms with van der Waals surface area (Å²) in [6.45, 7) is 16.8. The van der Waals surface area contributed by atoms with Crippen LogP contribution < -0.4 is 5.32 Å². The average molecular weight is 503 g/mol. The van der Waals surface area contributed by atoms with Gasteiger partial charge < -0.3 is 9.88 Å². The Morgan fingerprint density at radius 2 is 1.50 bits per heavy atom. The van der Waals surface area contributed by atoms with Crippen molar-refractivity contribution in [1.82, 2.24) is 9.88 Å². The Kier molecular flexibility index (Phi) is 10.5. The highest BCUT2D eigenvalue weighted by Gasteiger charge is 2.14. The monoisotopic (exact) mass is 502 g/mol. The van der Waals surface area contributed by atoms with Gasteiger partial charge in [0, 0.05) is 33.9 Å². The first kappa shape index (κ1) is 28.5. The molecule has 4 aromatic rings. The van der Waals surface area contributed by atoms with E-state index in [9.17, 15) is 0 Å². The molecular formula is C36H42N2. The number of nitrogens with zero attached hydrogens (tertiary/aromatic N) is 1. The zero-order valence-corrected chi connectivity index (χ0v) is 23.9. The van der Waals surface area contributed by atoms with Crippen LogP contribution in [0.15, 0.2) is 127 Å². The van der Waals surface area contributed by atoms with E-state index in [4.69, 9.17) is 0 Å². The third-order valence-corrected chi connectivity index (χ3v) is 6.23. The van der Waals surface area contributed by atoms with Gasteiger partial charge in [0.05, 0.1) is 11.0 Å². The van der Waals surface area contributed by atoms with Crippen LogP contribution in [0.4, 0.5) is 0 Å². The highest BCUT2D eigenvalue weighted by molar-refractivity contribution is 6.10. The SMILES string of the molecule is C=C1/C=C(c2ccc3c(c2)c2ccccc2n3-c2ccccc2)\C=C/N/C(CC)=C1/C=C\C.CC.CCC. The molecule has 2 heterocycles. The van der Waals surface area contributed by atoms with Gasteiger partial charge in [-0.15, -0.1) is 0 Å². The van der Waals surface area contributed by atoms with Crippen LogP contribution in [0.2, 0.25) is 0 Å². The van der Waals surface area contributed by atoms with Gasteiger partial charge in [-0.1, -0.05) is 102 Å². The highest BCUT2D eigenvalue weighted by Crippen LogP contribution is 2.34. The lowest BCUT2D eigenvalue weighted by Crippen LogP contribution is -2.09. The van der Waals surface area contributed by atoms with Crippen molar-refractivity contribution < 1.29 is 0 Å². The molecule has 1 aliphatic rings. The van der Waals surface area contributed by atoms with Gasteiger partial charge in [-0.05, 0) is 72.5 Å². The lowest BCUT2D eigenvalue weighted by Gasteiger charge is -2.16. The number of allylic oxidation sites excluding steroid dienone is 8. The standard InChI is InChI=1S/C31H28N2.C3H8.C2H6/c1-4-11-26-22(3)20-24(18-19-32-29(26)5-2)23-16-17-31-28(21-23)27-14-9-10-15-30(27)33(31)25-12-7-6-8-13-25;1-3-2;1-2/h4,6-21,32H,3,5H2,1-2H3;3H2,1-2H3;1-2H3/b11-4-,19-18-,24-20+,29-26-;;. The van der Waals surface area contributed by atoms with E-state index < -0.39 is 0 Å². The molecule has 1 aromatic heterocycles. The van der Waals surface area contributed by atoms with Gasteiger partial charge in [0.25, 0.3) is 0 Å². The predicted molar refractivity (Wildman–Crippen MR) is 170 cm³/mol. The fourth-order valence-electron chi connectivity index (χ4n) is 4.67. The molecule has 1 N–H and O–H groups in total. The summed E-state index contributed by atoms with van der Waals surface area (Å²) in [6.07, 6.45) is 12.8. The van der Waals surface area contributed by atoms with Crippen molar-refractivity contribution in [2.45, 2.75) is 54.4 Å². The predicted octanol–water partition coefficient (Wildman–Crippen LogP) is 10.5. The second-order valence-corrected chi connectivity index (χ2v) is 8.98. The van der Waals surface area contributed by atoms with Crippen molar-refractivity contribution >= 4 is 27.4 Å². The molecule has 0 fully saturated rings. The molecule has 1 aliphatic heterocycles. The zero-order valence-electron chi connectivity index (χ0n) is 23.9. The first-order valence-electron chi connectivity index (χ1n) is 13.9. The number of rotatable bonds is 4. The third-order valence-electron chi connectivity index (χ3n) is 6.23. The minimum atomic E-state index is 0.928. The van der Waals surface area contributed by atoms with E-state index >= 15 is 0 Å². The Labute approximate surface area is 229 Å². The molecule has 5 rings (SSSR count). The summed E-state index contributed by atoms with van der Waals surface area (Å²) in [5, 5.41) is 5.98. The molecule has 0 spiro atoms. The van der Waals surface area contributed by atoms with E-state index in [1.165, 1.54) is 45.2 Å². The van der Waals surface area contributed by atoms with Crippen LogP contribution in [0.25, 0.3) is 33.1 Å². The summed E-state index contributed by atoms with van der Waals surface area (Å²) in [6, 6.07) is 26.0. The summed E-state index contributed by atoms with van der Waals surface area (Å²) in [5.41, 5.74) is 9.28. The zero-order chi connectivity index (χ0) is 27.5. The number of para-hydroxylation sites is 2. The number of aromatic nitrogens is 1. The van der Waals surface area contributed by atoms with Crippen molar-refractivity contribution in [1.29, 1.82) is 0 Å². The summed E-state index contributed by atoms with van der Waals surface area (Å²) in [7, 11) is 0. The van der Waals surface area contributed by atoms with Crippen LogP contribution in [0.3, 0.4) is 0 Å². The number of hydrogen-bond acceptors (Lipinski definition) is 1. The summed E-state index contributed by atoms with van der Waals surface area (Å²) in [5.74, 6) is 0. The second-order valence-electron chi connectivity index (χ2n) is 8.98. The van der Waals surface area contributed by atoms with Crippen LogP contribution in [0.1, 0.15) is 59.9 Å². The van der Waals surface area contributed by atoms with Crippen LogP contribution in [0.5, 0.6) is 0 Å². The molecule has 2 nitrogen and oxygen atoms in total. The molecule has 3 aromatic carbocycles. The first-order valence-corrected chi connectivity index (χ1v) is 13.9. The van der Waals surface area contributed by atoms with Crippen LogP contribution in [-0.4, -0.2) is 4.57 Å². The smallest absolute Gasteiger partial charge is 0.0541 e. The number of fused-ring (bicyclic) bond motifs is 3. The lowest BCUT2D eigenvalue weighted by molar-refractivity contribution is 0.927. The van der Waals surface area contributed by atoms with Gasteiger partial charge in [-0.3, -0.25) is 0 Å². The van der Waals surface area contributed by atoms with Crippen molar-refractivity contribution in [3.8, 4) is 5.69 Å². The van der Waals surface area contributed by atoms with E-state index in [1.54, 1.807) is 0 Å². The van der Waals surface area contributed by atoms with E-state index in [0.29, 0.717) is 0 Å². The fourth-order valence-corrected chi connectivity index (χ4v) is 4.67. The Morgan fingerprint density at radius 3 is 2.18 bits per heavy atom. The topological polar surface area (TPSA) is 17.0 Å². The van der Waals surface area contributed by atoms with Gasteiger partial charge in [0.1, 0.15) is 0 Å². The van der Waals surface area contributed by atoms with Crippen LogP contribution in [0, 0.1) is 0 Å². The maximum atomic E-state index is 4.38. The number of benzene rings is 3. The fraction of sp³-hybridized carbons (Fsp3) is 0.222. The van der Waals surface area contributed by atoms with E-state index in [2.05, 4.69) is 134 Å². The van der Waals surface area contributed by atoms with Crippen molar-refractivity contribution in [2.24, 2.45) is 0 Å². The maximum absolute atomic E-state index is 4.38. The van der Waals surface area contributed by atoms with Gasteiger partial charge in [0.2, 0.25) is 0 Å². The Hall–Kier alpha value is -4.04. The molecule has 38 heavy (non-hydrogen) atoms. The molecule has 196 valence electrons. The Balaban J connectivity index is 0.000000748. The average Bonchev–Trinajstić information content (AvgIpc) is 3.28. The molecule has 0 amide bonds. The van der Waals surface area contributed by atoms with Crippen molar-refractivity contribution in [2.75, 3.05) is 0 Å². The number of hydrogen-bond donors (Lipinski definition) is 1. The van der Waals surface area contributed by atoms with Gasteiger partial charge in [-0.2, -0.15) is 0 Å². The molecule has 0 unspecified atom stereocenters. The Morgan fingerprint density at radius 1 is 0.842 bits per heavy atom. The molecule has 0 radical (unpaired) electrons. The van der Waals surface area contributed by atoms with E-state index in [-0.39, 0.29) is 0 Å². The molecule has 2 heteroatoms. The molecule has 0 aliphatic carbocycles. The lowest BCUT2D eigenvalue weighted by atomic mass is 9.95. The molecule has 0 bridgehead atoms. The summed E-state index contributed by atoms with van der Waals surface area (Å²) in [4.78, 5) is 0. The minimum Gasteiger partial charge on any atom is -0.364 e. The van der Waals surface area contributed by atoms with Crippen molar-refractivity contribution in [3.05, 3.63) is 132 Å². The first-order chi connectivity index (χ1) is 18.6. The molecular weight excluding hydrogens is 460 g/mol. The van der Waals surface area contributed by atoms with Gasteiger partial charge in [-0.25, -0.2) is 0 Å². The largest absolute Gasteiger partial charge is 0.364 e. The quantitative estimate of drug-likeness (QED) is 0.294. The third kappa shape index (κ3) is 6.08. The van der Waals surface area contributed by atoms with Gasteiger partial charge >= 0.3 is 0 Å². The number of nitrogens with one attached hydrogen (secondary N) is 1. The van der Waals surface area contributed by atoms with E-state index in [1.807, 2.05) is 27.0 Å². The maximum Gasteiger partial charge on any atom is 0.0541 e. The minimum absolute atomic E-state index is 0.928. The normalized spacial score (nSPS) is 17.4. The van der Waals surface area contributed by atoms with Gasteiger partial charge in [0.15, 0.2) is 0 Å². The second kappa shape index (κ2) is 14.0. The van der Waals surface area contributed by atoms with Crippen LogP contribution in [-0.2, 0) is 0 Å². The van der Waals surface area contributed by atoms with Crippen LogP contribution >= 0.6 is 0 Å². The molecule has 0 saturated carbocycles. The Bertz CT molecular complexity index is 1490. The molecule has 0 saturated heterocycles. The summed E-state index contributed by atoms with van der Waals surface area (Å²) >= 11 is 0. The summed E-state index contributed by atoms with van der Waals surface area (Å²) < 4.78 is 2.34. The van der Waals surface area contributed by atoms with E-state index in [0.717, 1.165) is 23.1 Å².